The average molecular weight is 406 g/mol. The van der Waals surface area contributed by atoms with E-state index in [0.29, 0.717) is 5.75 Å². The zero-order valence-electron chi connectivity index (χ0n) is 18.8. The second-order valence-corrected chi connectivity index (χ2v) is 8.57. The van der Waals surface area contributed by atoms with Crippen molar-refractivity contribution in [2.24, 2.45) is 0 Å². The first-order valence-corrected chi connectivity index (χ1v) is 11.8. The maximum atomic E-state index is 10.5. The van der Waals surface area contributed by atoms with E-state index in [1.54, 1.807) is 6.07 Å². The summed E-state index contributed by atoms with van der Waals surface area (Å²) in [5.41, 5.74) is 4.02. The van der Waals surface area contributed by atoms with E-state index in [4.69, 9.17) is 4.42 Å². The van der Waals surface area contributed by atoms with Gasteiger partial charge in [-0.05, 0) is 49.1 Å². The van der Waals surface area contributed by atoms with Crippen molar-refractivity contribution in [1.29, 1.82) is 0 Å². The second kappa shape index (κ2) is 11.7. The standard InChI is InChI=1S/C28H36O2/c1-3-4-5-6-7-8-9-10-11-13-18-24-20-25-22(2)19-27(23-16-14-12-15-17-23)30-28(25)21-26(24)29/h12,14-17,19-21H,3-11,13,18H2,1-2H3/p+1. The highest BCUT2D eigenvalue weighted by molar-refractivity contribution is 5.84. The van der Waals surface area contributed by atoms with Gasteiger partial charge in [0.2, 0.25) is 0 Å². The highest BCUT2D eigenvalue weighted by Gasteiger charge is 2.19. The van der Waals surface area contributed by atoms with E-state index in [9.17, 15) is 5.11 Å². The van der Waals surface area contributed by atoms with Gasteiger partial charge < -0.3 is 5.11 Å². The minimum atomic E-state index is 0.354. The van der Waals surface area contributed by atoms with Crippen LogP contribution >= 0.6 is 0 Å². The van der Waals surface area contributed by atoms with Crippen LogP contribution in [-0.2, 0) is 6.42 Å². The topological polar surface area (TPSA) is 31.5 Å². The van der Waals surface area contributed by atoms with Gasteiger partial charge in [-0.15, -0.1) is 0 Å². The van der Waals surface area contributed by atoms with Crippen LogP contribution in [0.3, 0.4) is 0 Å². The van der Waals surface area contributed by atoms with Crippen LogP contribution in [0.2, 0.25) is 0 Å². The summed E-state index contributed by atoms with van der Waals surface area (Å²) in [5, 5.41) is 11.6. The van der Waals surface area contributed by atoms with Crippen molar-refractivity contribution in [2.75, 3.05) is 0 Å². The van der Waals surface area contributed by atoms with Crippen molar-refractivity contribution < 1.29 is 9.52 Å². The third-order valence-corrected chi connectivity index (χ3v) is 6.03. The molecule has 0 saturated heterocycles. The molecule has 3 aromatic rings. The fourth-order valence-corrected chi connectivity index (χ4v) is 4.18. The number of aryl methyl sites for hydroxylation is 2. The van der Waals surface area contributed by atoms with Gasteiger partial charge >= 0.3 is 11.3 Å². The Balaban J connectivity index is 1.53. The Kier molecular flexibility index (Phi) is 8.74. The molecule has 1 heterocycles. The minimum Gasteiger partial charge on any atom is -0.507 e. The number of hydrogen-bond donors (Lipinski definition) is 1. The molecule has 0 aliphatic carbocycles. The number of fused-ring (bicyclic) bond motifs is 1. The number of phenolic OH excluding ortho intramolecular Hbond substituents is 1. The summed E-state index contributed by atoms with van der Waals surface area (Å²) < 4.78 is 6.11. The average Bonchev–Trinajstić information content (AvgIpc) is 2.76. The molecule has 1 N–H and O–H groups in total. The lowest BCUT2D eigenvalue weighted by Gasteiger charge is -2.06. The highest BCUT2D eigenvalue weighted by Crippen LogP contribution is 2.32. The Bertz CT molecular complexity index is 915. The van der Waals surface area contributed by atoms with Gasteiger partial charge in [-0.3, -0.25) is 0 Å². The molecule has 0 fully saturated rings. The zero-order chi connectivity index (χ0) is 21.2. The van der Waals surface area contributed by atoms with Gasteiger partial charge in [0.1, 0.15) is 5.75 Å². The largest absolute Gasteiger partial charge is 0.507 e. The van der Waals surface area contributed by atoms with E-state index in [1.807, 2.05) is 30.3 Å². The van der Waals surface area contributed by atoms with Crippen LogP contribution in [0.25, 0.3) is 22.3 Å². The van der Waals surface area contributed by atoms with E-state index in [1.165, 1.54) is 63.4 Å². The normalized spacial score (nSPS) is 11.3. The molecule has 1 aromatic heterocycles. The molecule has 0 atom stereocenters. The van der Waals surface area contributed by atoms with Crippen LogP contribution in [0.4, 0.5) is 0 Å². The monoisotopic (exact) mass is 405 g/mol. The molecule has 0 bridgehead atoms. The van der Waals surface area contributed by atoms with Crippen molar-refractivity contribution in [1.82, 2.24) is 0 Å². The predicted octanol–water partition coefficient (Wildman–Crippen LogP) is 8.86. The number of unbranched alkanes of at least 4 members (excludes halogenated alkanes) is 9. The van der Waals surface area contributed by atoms with Crippen LogP contribution in [0, 0.1) is 6.92 Å². The quantitative estimate of drug-likeness (QED) is 0.241. The summed E-state index contributed by atoms with van der Waals surface area (Å²) in [4.78, 5) is 0. The molecule has 2 heteroatoms. The van der Waals surface area contributed by atoms with Crippen molar-refractivity contribution >= 4 is 11.0 Å². The maximum Gasteiger partial charge on any atom is 0.364 e. The van der Waals surface area contributed by atoms with Gasteiger partial charge in [-0.1, -0.05) is 82.9 Å². The lowest BCUT2D eigenvalue weighted by atomic mass is 10.00. The minimum absolute atomic E-state index is 0.354. The molecular formula is C28H37O2+. The molecule has 0 saturated carbocycles. The molecule has 0 aliphatic heterocycles. The summed E-state index contributed by atoms with van der Waals surface area (Å²) in [5.74, 6) is 1.19. The summed E-state index contributed by atoms with van der Waals surface area (Å²) in [6.07, 6.45) is 14.2. The van der Waals surface area contributed by atoms with E-state index in [0.717, 1.165) is 40.7 Å². The van der Waals surface area contributed by atoms with Crippen LogP contribution < -0.4 is 0 Å². The van der Waals surface area contributed by atoms with Crippen molar-refractivity contribution in [3.8, 4) is 17.1 Å². The van der Waals surface area contributed by atoms with Crippen LogP contribution in [0.15, 0.2) is 52.9 Å². The van der Waals surface area contributed by atoms with Gasteiger partial charge in [0.05, 0.1) is 17.0 Å². The predicted molar refractivity (Wildman–Crippen MR) is 128 cm³/mol. The maximum absolute atomic E-state index is 10.5. The molecule has 0 aliphatic rings. The van der Waals surface area contributed by atoms with Gasteiger partial charge in [0.25, 0.3) is 0 Å². The van der Waals surface area contributed by atoms with E-state index in [-0.39, 0.29) is 0 Å². The highest BCUT2D eigenvalue weighted by atomic mass is 16.3. The Morgan fingerprint density at radius 1 is 0.767 bits per heavy atom. The first kappa shape index (κ1) is 22.3. The summed E-state index contributed by atoms with van der Waals surface area (Å²) in [6, 6.07) is 16.1. The van der Waals surface area contributed by atoms with Gasteiger partial charge in [0, 0.05) is 6.07 Å². The number of rotatable bonds is 12. The molecule has 0 unspecified atom stereocenters. The molecule has 2 aromatic carbocycles. The SMILES string of the molecule is CCCCCCCCCCCCc1cc2c(C)cc(-c3ccccc3)[o+]c2cc1O. The molecule has 0 spiro atoms. The van der Waals surface area contributed by atoms with Gasteiger partial charge in [-0.25, -0.2) is 4.42 Å². The smallest absolute Gasteiger partial charge is 0.364 e. The van der Waals surface area contributed by atoms with Crippen molar-refractivity contribution in [2.45, 2.75) is 84.5 Å². The van der Waals surface area contributed by atoms with Crippen molar-refractivity contribution in [3.63, 3.8) is 0 Å². The molecule has 0 radical (unpaired) electrons. The summed E-state index contributed by atoms with van der Waals surface area (Å²) >= 11 is 0. The summed E-state index contributed by atoms with van der Waals surface area (Å²) in [7, 11) is 0. The lowest BCUT2D eigenvalue weighted by molar-refractivity contribution is 0.465. The molecule has 0 amide bonds. The fourth-order valence-electron chi connectivity index (χ4n) is 4.18. The molecule has 160 valence electrons. The Labute approximate surface area is 182 Å². The first-order chi connectivity index (χ1) is 14.7. The zero-order valence-corrected chi connectivity index (χ0v) is 18.8. The van der Waals surface area contributed by atoms with Crippen LogP contribution in [-0.4, -0.2) is 5.11 Å². The third-order valence-electron chi connectivity index (χ3n) is 6.03. The second-order valence-electron chi connectivity index (χ2n) is 8.57. The summed E-state index contributed by atoms with van der Waals surface area (Å²) in [6.45, 7) is 4.39. The van der Waals surface area contributed by atoms with Gasteiger partial charge in [0.15, 0.2) is 0 Å². The number of phenols is 1. The van der Waals surface area contributed by atoms with Crippen molar-refractivity contribution in [3.05, 3.63) is 59.7 Å². The van der Waals surface area contributed by atoms with Gasteiger partial charge in [-0.2, -0.15) is 0 Å². The van der Waals surface area contributed by atoms with E-state index >= 15 is 0 Å². The van der Waals surface area contributed by atoms with Crippen LogP contribution in [0.1, 0.15) is 82.3 Å². The Hall–Kier alpha value is -2.35. The molecule has 2 nitrogen and oxygen atoms in total. The molecule has 3 rings (SSSR count). The number of benzene rings is 2. The Morgan fingerprint density at radius 2 is 1.40 bits per heavy atom. The third kappa shape index (κ3) is 6.32. The fraction of sp³-hybridized carbons (Fsp3) is 0.464. The molecular weight excluding hydrogens is 368 g/mol. The number of hydrogen-bond acceptors (Lipinski definition) is 1. The molecule has 30 heavy (non-hydrogen) atoms. The van der Waals surface area contributed by atoms with Crippen LogP contribution in [0.5, 0.6) is 5.75 Å². The van der Waals surface area contributed by atoms with E-state index < -0.39 is 0 Å². The lowest BCUT2D eigenvalue weighted by Crippen LogP contribution is -1.90. The Morgan fingerprint density at radius 3 is 2.07 bits per heavy atom. The number of aromatic hydroxyl groups is 1. The van der Waals surface area contributed by atoms with E-state index in [2.05, 4.69) is 26.0 Å². The first-order valence-electron chi connectivity index (χ1n) is 11.8.